The van der Waals surface area contributed by atoms with Crippen molar-refractivity contribution in [3.8, 4) is 0 Å². The molecule has 3 aliphatic rings. The van der Waals surface area contributed by atoms with E-state index in [1.807, 2.05) is 0 Å². The lowest BCUT2D eigenvalue weighted by molar-refractivity contribution is -0.426. The van der Waals surface area contributed by atoms with E-state index in [-0.39, 0.29) is 5.56 Å². The number of aliphatic hydroxyl groups is 4. The molecule has 16 nitrogen and oxygen atoms in total. The molecule has 20 heteroatoms. The fourth-order valence-corrected chi connectivity index (χ4v) is 8.51. The predicted octanol–water partition coefficient (Wildman–Crippen LogP) is -0.901. The maximum absolute atomic E-state index is 14.1. The van der Waals surface area contributed by atoms with Crippen molar-refractivity contribution in [3.05, 3.63) is 35.4 Å². The molecule has 2 heterocycles. The smallest absolute Gasteiger partial charge is 0.393 e. The number of hydrogen-bond donors (Lipinski definition) is 8. The van der Waals surface area contributed by atoms with Crippen molar-refractivity contribution >= 4 is 32.8 Å². The van der Waals surface area contributed by atoms with Crippen molar-refractivity contribution in [2.24, 2.45) is 23.3 Å². The van der Waals surface area contributed by atoms with Crippen LogP contribution in [-0.2, 0) is 36.7 Å². The first-order valence-corrected chi connectivity index (χ1v) is 16.3. The monoisotopic (exact) mass is 648 g/mol. The van der Waals surface area contributed by atoms with Crippen molar-refractivity contribution < 1.29 is 71.2 Å². The van der Waals surface area contributed by atoms with Gasteiger partial charge in [0, 0.05) is 12.7 Å². The number of ether oxygens (including phenoxy) is 3. The minimum Gasteiger partial charge on any atom is -0.393 e. The number of carbonyl (C=O) groups is 1. The van der Waals surface area contributed by atoms with Gasteiger partial charge in [-0.2, -0.15) is 4.31 Å². The van der Waals surface area contributed by atoms with E-state index in [1.54, 1.807) is 12.1 Å². The number of aliphatic hydroxyl groups excluding tert-OH is 3. The van der Waals surface area contributed by atoms with Crippen LogP contribution in [0.25, 0.3) is 0 Å². The Morgan fingerprint density at radius 2 is 1.98 bits per heavy atom. The molecule has 0 spiro atoms. The molecule has 13 atom stereocenters. The highest BCUT2D eigenvalue weighted by molar-refractivity contribution is 8.45. The summed E-state index contributed by atoms with van der Waals surface area (Å²) in [5.41, 5.74) is 12.2. The second kappa shape index (κ2) is 12.1. The lowest BCUT2D eigenvalue weighted by Crippen LogP contribution is -2.64. The van der Waals surface area contributed by atoms with Crippen molar-refractivity contribution in [3.63, 3.8) is 0 Å². The maximum Gasteiger partial charge on any atom is 0.482 e. The maximum atomic E-state index is 14.1. The summed E-state index contributed by atoms with van der Waals surface area (Å²) in [6, 6.07) is 5.35. The molecule has 0 aromatic heterocycles. The molecule has 9 N–H and O–H groups in total. The summed E-state index contributed by atoms with van der Waals surface area (Å²) in [6.45, 7) is -6.36. The van der Waals surface area contributed by atoms with E-state index in [1.165, 1.54) is 19.2 Å². The van der Waals surface area contributed by atoms with Crippen LogP contribution in [0.1, 0.15) is 22.0 Å². The average molecular weight is 648 g/mol. The minimum absolute atomic E-state index is 0.211. The Bertz CT molecular complexity index is 1230. The number of methoxy groups -OCH3 is 1. The first-order chi connectivity index (χ1) is 19.0. The fraction of sp³-hybridized carbons (Fsp3) is 0.667. The molecular weight excluding hydrogens is 617 g/mol. The van der Waals surface area contributed by atoms with Gasteiger partial charge in [-0.05, 0) is 17.7 Å². The van der Waals surface area contributed by atoms with E-state index in [4.69, 9.17) is 39.8 Å². The van der Waals surface area contributed by atoms with Crippen LogP contribution in [0.4, 0.5) is 4.39 Å². The van der Waals surface area contributed by atoms with Crippen LogP contribution >= 0.6 is 26.9 Å². The largest absolute Gasteiger partial charge is 0.482 e. The molecule has 2 aliphatic heterocycles. The Morgan fingerprint density at radius 1 is 1.29 bits per heavy atom. The number of amides is 1. The molecule has 1 aromatic carbocycles. The number of primary amides is 1. The summed E-state index contributed by atoms with van der Waals surface area (Å²) in [5, 5.41) is 39.8. The van der Waals surface area contributed by atoms with Crippen LogP contribution in [0.2, 0.25) is 0 Å². The van der Waals surface area contributed by atoms with E-state index in [9.17, 15) is 38.5 Å². The zero-order valence-corrected chi connectivity index (χ0v) is 24.0. The molecule has 2 saturated heterocycles. The van der Waals surface area contributed by atoms with Gasteiger partial charge in [-0.15, -0.1) is 0 Å². The summed E-state index contributed by atoms with van der Waals surface area (Å²) in [7, 11) is -3.98. The SMILES string of the molecule is CO[C@@H]1[C@H](N)[C@@H](COP(=O)(S)OP(=O)(O)OC2OC3(O)C2C(O)C(O)C3[C@@H](F)CO)O[C@H]1c1cccc(C(N)=O)c1. The number of nitrogens with two attached hydrogens (primary N) is 2. The number of halogens is 1. The van der Waals surface area contributed by atoms with E-state index < -0.39 is 100 Å². The van der Waals surface area contributed by atoms with Gasteiger partial charge in [0.1, 0.15) is 24.5 Å². The minimum atomic E-state index is -5.36. The van der Waals surface area contributed by atoms with E-state index in [0.29, 0.717) is 5.56 Å². The van der Waals surface area contributed by atoms with Gasteiger partial charge in [0.2, 0.25) is 5.91 Å². The lowest BCUT2D eigenvalue weighted by atomic mass is 9.87. The van der Waals surface area contributed by atoms with Crippen molar-refractivity contribution in [1.82, 2.24) is 0 Å². The standard InChI is InChI=1S/C21H31FN2O14P2S/c1-33-18-14(23)11(35-17(18)8-3-2-4-9(5-8)19(24)28)7-34-40(32,41)38-39(30,31)37-20-13-16(27)15(26)12(10(22)6-25)21(13,29)36-20/h2-5,10-18,20,25-27,29H,6-7,23H2,1H3,(H2,24,28)(H,30,31)(H,32,41)/t10-,11+,12?,13?,14+,15?,16?,17-,18+,20?,21?,40?/m0/s1. The van der Waals surface area contributed by atoms with Crippen LogP contribution in [0.3, 0.4) is 0 Å². The fourth-order valence-electron chi connectivity index (χ4n) is 5.32. The Kier molecular flexibility index (Phi) is 9.74. The normalized spacial score (nSPS) is 40.3. The van der Waals surface area contributed by atoms with Crippen LogP contribution in [0.5, 0.6) is 0 Å². The highest BCUT2D eigenvalue weighted by Gasteiger charge is 2.74. The third-order valence-corrected chi connectivity index (χ3v) is 10.9. The van der Waals surface area contributed by atoms with Gasteiger partial charge in [0.25, 0.3) is 0 Å². The third-order valence-electron chi connectivity index (χ3n) is 7.25. The zero-order valence-electron chi connectivity index (χ0n) is 21.3. The molecule has 41 heavy (non-hydrogen) atoms. The quantitative estimate of drug-likeness (QED) is 0.101. The molecular formula is C21H31FN2O14P2S. The predicted molar refractivity (Wildman–Crippen MR) is 137 cm³/mol. The first kappa shape index (κ1) is 32.9. The van der Waals surface area contributed by atoms with Gasteiger partial charge in [-0.1, -0.05) is 24.4 Å². The van der Waals surface area contributed by atoms with Gasteiger partial charge in [0.05, 0.1) is 43.3 Å². The molecule has 0 radical (unpaired) electrons. The number of fused-ring (bicyclic) bond motifs is 1. The number of hydrogen-bond acceptors (Lipinski definition) is 14. The summed E-state index contributed by atoms with van der Waals surface area (Å²) in [4.78, 5) is 21.7. The number of alkyl halides is 1. The Labute approximate surface area is 237 Å². The topological polar surface area (TPSA) is 260 Å². The molecule has 0 bridgehead atoms. The highest BCUT2D eigenvalue weighted by Crippen LogP contribution is 2.68. The molecule has 1 saturated carbocycles. The summed E-state index contributed by atoms with van der Waals surface area (Å²) < 4.78 is 70.0. The van der Waals surface area contributed by atoms with E-state index in [0.717, 1.165) is 0 Å². The summed E-state index contributed by atoms with van der Waals surface area (Å²) >= 11 is 3.67. The van der Waals surface area contributed by atoms with Crippen LogP contribution in [-0.4, -0.2) is 100 Å². The van der Waals surface area contributed by atoms with Crippen LogP contribution < -0.4 is 11.5 Å². The number of thiol groups is 1. The second-order valence-electron chi connectivity index (χ2n) is 9.75. The molecule has 4 rings (SSSR count). The van der Waals surface area contributed by atoms with Gasteiger partial charge >= 0.3 is 14.6 Å². The third kappa shape index (κ3) is 6.43. The Morgan fingerprint density at radius 3 is 2.59 bits per heavy atom. The average Bonchev–Trinajstić information content (AvgIpc) is 3.28. The van der Waals surface area contributed by atoms with Crippen molar-refractivity contribution in [1.29, 1.82) is 0 Å². The first-order valence-electron chi connectivity index (χ1n) is 12.1. The molecule has 1 aliphatic carbocycles. The van der Waals surface area contributed by atoms with E-state index in [2.05, 4.69) is 16.6 Å². The van der Waals surface area contributed by atoms with Crippen molar-refractivity contribution in [2.75, 3.05) is 20.3 Å². The molecule has 3 fully saturated rings. The number of carbonyl (C=O) groups excluding carboxylic acids is 1. The van der Waals surface area contributed by atoms with Gasteiger partial charge in [-0.3, -0.25) is 13.8 Å². The van der Waals surface area contributed by atoms with Gasteiger partial charge in [-0.25, -0.2) is 13.5 Å². The van der Waals surface area contributed by atoms with E-state index >= 15 is 0 Å². The van der Waals surface area contributed by atoms with Crippen LogP contribution in [0.15, 0.2) is 24.3 Å². The number of benzene rings is 1. The van der Waals surface area contributed by atoms with Crippen molar-refractivity contribution in [2.45, 2.75) is 54.8 Å². The molecule has 1 amide bonds. The van der Waals surface area contributed by atoms with Crippen LogP contribution in [0, 0.1) is 11.8 Å². The number of rotatable bonds is 12. The van der Waals surface area contributed by atoms with Gasteiger partial charge in [0.15, 0.2) is 12.1 Å². The Hall–Kier alpha value is -1.05. The Balaban J connectivity index is 1.37. The number of phosphoric acid groups is 1. The van der Waals surface area contributed by atoms with Gasteiger partial charge < -0.3 is 51.0 Å². The molecule has 1 aromatic rings. The highest BCUT2D eigenvalue weighted by atomic mass is 32.7. The lowest BCUT2D eigenvalue weighted by Gasteiger charge is -2.49. The molecule has 8 unspecified atom stereocenters. The second-order valence-corrected chi connectivity index (χ2v) is 14.2. The zero-order chi connectivity index (χ0) is 30.5. The number of phosphoric ester groups is 1. The molecule has 232 valence electrons. The summed E-state index contributed by atoms with van der Waals surface area (Å²) in [5.74, 6) is -6.62. The summed E-state index contributed by atoms with van der Waals surface area (Å²) in [6.07, 6.45) is -10.4.